The predicted molar refractivity (Wildman–Crippen MR) is 66.2 cm³/mol. The molecule has 0 saturated carbocycles. The van der Waals surface area contributed by atoms with Gasteiger partial charge in [0, 0.05) is 5.57 Å². The van der Waals surface area contributed by atoms with Gasteiger partial charge in [0.05, 0.1) is 0 Å². The maximum Gasteiger partial charge on any atom is 0.147 e. The molecule has 2 N–H and O–H groups in total. The number of hydrogen-bond donors (Lipinski definition) is 0. The fraction of sp³-hybridized carbons (Fsp3) is 0.769. The Balaban J connectivity index is 3.26. The summed E-state index contributed by atoms with van der Waals surface area (Å²) in [5, 5.41) is 10.1. The van der Waals surface area contributed by atoms with Crippen molar-refractivity contribution in [3.8, 4) is 0 Å². The van der Waals surface area contributed by atoms with Crippen molar-refractivity contribution in [3.05, 3.63) is 11.6 Å². The smallest absolute Gasteiger partial charge is 0.147 e. The Kier molecular flexibility index (Phi) is 3.92. The van der Waals surface area contributed by atoms with Crippen molar-refractivity contribution in [2.75, 3.05) is 0 Å². The lowest BCUT2D eigenvalue weighted by atomic mass is 9.87. The lowest BCUT2D eigenvalue weighted by Gasteiger charge is -2.38. The first kappa shape index (κ1) is 13.4. The summed E-state index contributed by atoms with van der Waals surface area (Å²) >= 11 is 0. The van der Waals surface area contributed by atoms with Crippen LogP contribution >= 0.6 is 0 Å². The molecule has 0 amide bonds. The van der Waals surface area contributed by atoms with Crippen molar-refractivity contribution >= 4 is 6.29 Å². The average Bonchev–Trinajstić information content (AvgIpc) is 2.59. The van der Waals surface area contributed by atoms with Gasteiger partial charge in [-0.1, -0.05) is 32.8 Å². The SMILES string of the molecule is CCC1(CC)C=C(C=O)C(CC)(CC)N1[OH2+]. The second-order valence-electron chi connectivity index (χ2n) is 4.60. The van der Waals surface area contributed by atoms with Gasteiger partial charge in [-0.05, 0) is 31.8 Å². The molecule has 92 valence electrons. The number of aldehydes is 1. The zero-order chi connectivity index (χ0) is 12.4. The number of hydrogen-bond acceptors (Lipinski definition) is 2. The van der Waals surface area contributed by atoms with Crippen molar-refractivity contribution in [3.63, 3.8) is 0 Å². The minimum atomic E-state index is -0.367. The van der Waals surface area contributed by atoms with E-state index in [9.17, 15) is 4.79 Å². The van der Waals surface area contributed by atoms with Crippen molar-refractivity contribution in [1.29, 1.82) is 0 Å². The van der Waals surface area contributed by atoms with Crippen LogP contribution in [0, 0.1) is 0 Å². The lowest BCUT2D eigenvalue weighted by Crippen LogP contribution is -2.53. The summed E-state index contributed by atoms with van der Waals surface area (Å²) in [6, 6.07) is 0. The highest BCUT2D eigenvalue weighted by Crippen LogP contribution is 2.45. The van der Waals surface area contributed by atoms with Crippen molar-refractivity contribution in [2.24, 2.45) is 0 Å². The Morgan fingerprint density at radius 3 is 1.94 bits per heavy atom. The van der Waals surface area contributed by atoms with E-state index in [0.29, 0.717) is 0 Å². The third-order valence-electron chi connectivity index (χ3n) is 4.36. The van der Waals surface area contributed by atoms with E-state index in [4.69, 9.17) is 5.21 Å². The molecule has 0 aromatic heterocycles. The summed E-state index contributed by atoms with van der Waals surface area (Å²) in [6.07, 6.45) is 6.37. The Bertz CT molecular complexity index is 288. The second-order valence-corrected chi connectivity index (χ2v) is 4.60. The standard InChI is InChI=1S/C13H23NO2/c1-5-12(6-2)9-11(10-15)13(7-3,8-4)14(12)16/h9-10,16H,5-8H2,1-4H3/p+1. The first-order valence-electron chi connectivity index (χ1n) is 6.27. The highest BCUT2D eigenvalue weighted by Gasteiger charge is 2.55. The predicted octanol–water partition coefficient (Wildman–Crippen LogP) is 2.18. The highest BCUT2D eigenvalue weighted by atomic mass is 16.5. The second kappa shape index (κ2) is 4.68. The number of carbonyl (C=O) groups is 1. The van der Waals surface area contributed by atoms with E-state index in [-0.39, 0.29) is 11.1 Å². The van der Waals surface area contributed by atoms with Crippen LogP contribution < -0.4 is 0 Å². The molecule has 1 rings (SSSR count). The van der Waals surface area contributed by atoms with Gasteiger partial charge in [0.15, 0.2) is 0 Å². The zero-order valence-electron chi connectivity index (χ0n) is 10.8. The molecule has 0 aliphatic carbocycles. The van der Waals surface area contributed by atoms with E-state index < -0.39 is 0 Å². The molecule has 0 bridgehead atoms. The minimum Gasteiger partial charge on any atom is -0.337 e. The summed E-state index contributed by atoms with van der Waals surface area (Å²) in [6.45, 7) is 8.30. The summed E-state index contributed by atoms with van der Waals surface area (Å²) in [5.41, 5.74) is 0.187. The number of nitrogens with zero attached hydrogens (tertiary/aromatic N) is 1. The Hall–Kier alpha value is -0.670. The molecule has 0 fully saturated rings. The monoisotopic (exact) mass is 226 g/mol. The molecular weight excluding hydrogens is 202 g/mol. The lowest BCUT2D eigenvalue weighted by molar-refractivity contribution is -0.208. The van der Waals surface area contributed by atoms with Gasteiger partial charge in [0.2, 0.25) is 0 Å². The van der Waals surface area contributed by atoms with Crippen molar-refractivity contribution in [1.82, 2.24) is 5.06 Å². The van der Waals surface area contributed by atoms with E-state index in [1.807, 2.05) is 6.08 Å². The first-order valence-corrected chi connectivity index (χ1v) is 6.27. The third-order valence-corrected chi connectivity index (χ3v) is 4.36. The van der Waals surface area contributed by atoms with Crippen LogP contribution in [0.1, 0.15) is 53.4 Å². The van der Waals surface area contributed by atoms with Gasteiger partial charge in [-0.15, -0.1) is 0 Å². The zero-order valence-corrected chi connectivity index (χ0v) is 10.8. The largest absolute Gasteiger partial charge is 0.337 e. The number of rotatable bonds is 5. The molecule has 1 heterocycles. The fourth-order valence-electron chi connectivity index (χ4n) is 2.93. The van der Waals surface area contributed by atoms with E-state index in [1.165, 1.54) is 0 Å². The summed E-state index contributed by atoms with van der Waals surface area (Å²) in [7, 11) is 0. The highest BCUT2D eigenvalue weighted by molar-refractivity contribution is 5.78. The first-order chi connectivity index (χ1) is 7.56. The summed E-state index contributed by atoms with van der Waals surface area (Å²) in [5.74, 6) is 0. The molecule has 0 saturated heterocycles. The van der Waals surface area contributed by atoms with E-state index in [1.54, 1.807) is 5.06 Å². The molecule has 0 aromatic rings. The van der Waals surface area contributed by atoms with Crippen LogP contribution in [0.3, 0.4) is 0 Å². The van der Waals surface area contributed by atoms with Crippen LogP contribution in [-0.4, -0.2) is 27.6 Å². The molecule has 3 heteroatoms. The third kappa shape index (κ3) is 1.54. The topological polar surface area (TPSA) is 43.2 Å². The summed E-state index contributed by atoms with van der Waals surface area (Å²) in [4.78, 5) is 11.2. The molecule has 0 spiro atoms. The minimum absolute atomic E-state index is 0.248. The Labute approximate surface area is 98.1 Å². The molecule has 0 aromatic carbocycles. The molecule has 0 atom stereocenters. The Morgan fingerprint density at radius 2 is 1.69 bits per heavy atom. The van der Waals surface area contributed by atoms with E-state index in [0.717, 1.165) is 37.5 Å². The molecule has 16 heavy (non-hydrogen) atoms. The van der Waals surface area contributed by atoms with Gasteiger partial charge < -0.3 is 5.21 Å². The summed E-state index contributed by atoms with van der Waals surface area (Å²) < 4.78 is 0. The van der Waals surface area contributed by atoms with Gasteiger partial charge in [-0.3, -0.25) is 4.79 Å². The quantitative estimate of drug-likeness (QED) is 0.532. The van der Waals surface area contributed by atoms with Crippen LogP contribution in [0.25, 0.3) is 0 Å². The van der Waals surface area contributed by atoms with Gasteiger partial charge in [-0.2, -0.15) is 0 Å². The normalized spacial score (nSPS) is 23.2. The van der Waals surface area contributed by atoms with Crippen LogP contribution in [-0.2, 0) is 4.79 Å². The van der Waals surface area contributed by atoms with E-state index >= 15 is 0 Å². The van der Waals surface area contributed by atoms with Crippen LogP contribution in [0.15, 0.2) is 11.6 Å². The number of hydroxylamine groups is 2. The van der Waals surface area contributed by atoms with E-state index in [2.05, 4.69) is 27.7 Å². The van der Waals surface area contributed by atoms with Crippen LogP contribution in [0.5, 0.6) is 0 Å². The Morgan fingerprint density at radius 1 is 1.19 bits per heavy atom. The average molecular weight is 226 g/mol. The molecule has 0 radical (unpaired) electrons. The van der Waals surface area contributed by atoms with Crippen molar-refractivity contribution < 1.29 is 10.0 Å². The van der Waals surface area contributed by atoms with Gasteiger partial charge in [0.1, 0.15) is 17.4 Å². The molecule has 1 aliphatic rings. The maximum atomic E-state index is 11.2. The number of carbonyl (C=O) groups excluding carboxylic acids is 1. The molecule has 3 nitrogen and oxygen atoms in total. The fourth-order valence-corrected chi connectivity index (χ4v) is 2.93. The van der Waals surface area contributed by atoms with Gasteiger partial charge in [0.25, 0.3) is 0 Å². The molecule has 1 aliphatic heterocycles. The van der Waals surface area contributed by atoms with Crippen LogP contribution in [0.4, 0.5) is 0 Å². The van der Waals surface area contributed by atoms with Gasteiger partial charge >= 0.3 is 0 Å². The molecular formula is C13H24NO2+. The van der Waals surface area contributed by atoms with Crippen LogP contribution in [0.2, 0.25) is 0 Å². The maximum absolute atomic E-state index is 11.2. The molecule has 0 unspecified atom stereocenters. The van der Waals surface area contributed by atoms with Crippen molar-refractivity contribution in [2.45, 2.75) is 64.5 Å². The van der Waals surface area contributed by atoms with Gasteiger partial charge in [-0.25, -0.2) is 0 Å².